The summed E-state index contributed by atoms with van der Waals surface area (Å²) >= 11 is 0. The number of aryl methyl sites for hydroxylation is 1. The molecule has 0 atom stereocenters. The molecule has 0 bridgehead atoms. The Morgan fingerprint density at radius 1 is 1.42 bits per heavy atom. The summed E-state index contributed by atoms with van der Waals surface area (Å²) in [7, 11) is 1.61. The van der Waals surface area contributed by atoms with E-state index in [0.29, 0.717) is 5.56 Å². The minimum absolute atomic E-state index is 0.0643. The summed E-state index contributed by atoms with van der Waals surface area (Å²) in [6, 6.07) is 7.56. The van der Waals surface area contributed by atoms with Crippen LogP contribution >= 0.6 is 0 Å². The van der Waals surface area contributed by atoms with Crippen LogP contribution in [0.25, 0.3) is 6.08 Å². The third kappa shape index (κ3) is 3.10. The van der Waals surface area contributed by atoms with Crippen molar-refractivity contribution in [3.05, 3.63) is 53.9 Å². The van der Waals surface area contributed by atoms with Crippen molar-refractivity contribution in [2.45, 2.75) is 13.5 Å². The largest absolute Gasteiger partial charge is 0.496 e. The molecule has 0 aliphatic rings. The first-order chi connectivity index (χ1) is 9.24. The highest BCUT2D eigenvalue weighted by atomic mass is 16.5. The van der Waals surface area contributed by atoms with Crippen LogP contribution in [0.15, 0.2) is 42.7 Å². The van der Waals surface area contributed by atoms with E-state index < -0.39 is 0 Å². The van der Waals surface area contributed by atoms with Gasteiger partial charge in [-0.25, -0.2) is 0 Å². The van der Waals surface area contributed by atoms with Gasteiger partial charge in [0.25, 0.3) is 0 Å². The smallest absolute Gasteiger partial charge is 0.189 e. The first kappa shape index (κ1) is 13.1. The molecule has 0 spiro atoms. The molecule has 0 aliphatic heterocycles. The number of carbonyl (C=O) groups excluding carboxylic acids is 1. The molecular weight excluding hydrogens is 240 g/mol. The summed E-state index contributed by atoms with van der Waals surface area (Å²) < 4.78 is 6.95. The van der Waals surface area contributed by atoms with E-state index in [0.717, 1.165) is 17.9 Å². The Hall–Kier alpha value is -2.36. The second-order valence-corrected chi connectivity index (χ2v) is 4.02. The second-order valence-electron chi connectivity index (χ2n) is 4.02. The summed E-state index contributed by atoms with van der Waals surface area (Å²) in [6.45, 7) is 2.73. The number of para-hydroxylation sites is 1. The summed E-state index contributed by atoms with van der Waals surface area (Å²) in [5.41, 5.74) is 1.47. The van der Waals surface area contributed by atoms with Crippen molar-refractivity contribution >= 4 is 11.9 Å². The summed E-state index contributed by atoms with van der Waals surface area (Å²) in [6.07, 6.45) is 6.62. The maximum atomic E-state index is 12.0. The van der Waals surface area contributed by atoms with Gasteiger partial charge in [0.2, 0.25) is 0 Å². The van der Waals surface area contributed by atoms with Crippen LogP contribution in [0.1, 0.15) is 22.8 Å². The molecule has 4 nitrogen and oxygen atoms in total. The van der Waals surface area contributed by atoms with Crippen molar-refractivity contribution in [2.24, 2.45) is 0 Å². The van der Waals surface area contributed by atoms with Gasteiger partial charge in [-0.3, -0.25) is 9.48 Å². The number of allylic oxidation sites excluding steroid dienone is 1. The molecule has 1 heterocycles. The van der Waals surface area contributed by atoms with E-state index in [4.69, 9.17) is 4.74 Å². The van der Waals surface area contributed by atoms with Gasteiger partial charge < -0.3 is 4.74 Å². The van der Waals surface area contributed by atoms with Crippen molar-refractivity contribution in [1.29, 1.82) is 0 Å². The van der Waals surface area contributed by atoms with Crippen LogP contribution < -0.4 is 4.74 Å². The number of nitrogens with zero attached hydrogens (tertiary/aromatic N) is 2. The summed E-state index contributed by atoms with van der Waals surface area (Å²) in [5.74, 6) is 0.682. The van der Waals surface area contributed by atoms with Crippen molar-refractivity contribution in [1.82, 2.24) is 9.78 Å². The average Bonchev–Trinajstić information content (AvgIpc) is 2.94. The Balaban J connectivity index is 2.15. The van der Waals surface area contributed by atoms with Gasteiger partial charge in [0, 0.05) is 18.3 Å². The normalized spacial score (nSPS) is 10.8. The Morgan fingerprint density at radius 3 is 2.89 bits per heavy atom. The van der Waals surface area contributed by atoms with Crippen LogP contribution in [0.3, 0.4) is 0 Å². The van der Waals surface area contributed by atoms with E-state index in [9.17, 15) is 4.79 Å². The third-order valence-corrected chi connectivity index (χ3v) is 2.79. The molecule has 2 aromatic rings. The van der Waals surface area contributed by atoms with E-state index in [2.05, 4.69) is 5.10 Å². The number of hydrogen-bond acceptors (Lipinski definition) is 3. The molecule has 0 radical (unpaired) electrons. The maximum absolute atomic E-state index is 12.0. The number of carbonyl (C=O) groups is 1. The Bertz CT molecular complexity index is 600. The summed E-state index contributed by atoms with van der Waals surface area (Å²) in [4.78, 5) is 12.0. The zero-order chi connectivity index (χ0) is 13.7. The zero-order valence-electron chi connectivity index (χ0n) is 11.0. The zero-order valence-corrected chi connectivity index (χ0v) is 11.0. The molecule has 0 fully saturated rings. The molecule has 0 unspecified atom stereocenters. The lowest BCUT2D eigenvalue weighted by Crippen LogP contribution is -1.94. The highest BCUT2D eigenvalue weighted by Crippen LogP contribution is 2.18. The van der Waals surface area contributed by atoms with Gasteiger partial charge in [-0.2, -0.15) is 5.10 Å². The first-order valence-electron chi connectivity index (χ1n) is 6.12. The minimum atomic E-state index is -0.0643. The Kier molecular flexibility index (Phi) is 4.13. The molecule has 19 heavy (non-hydrogen) atoms. The van der Waals surface area contributed by atoms with Crippen LogP contribution in [-0.4, -0.2) is 22.7 Å². The standard InChI is InChI=1S/C15H16N2O2/c1-3-17-11-13(10-16-17)14(18)9-8-12-6-4-5-7-15(12)19-2/h4-11H,3H2,1-2H3/b9-8+. The van der Waals surface area contributed by atoms with Crippen LogP contribution in [0, 0.1) is 0 Å². The van der Waals surface area contributed by atoms with Crippen molar-refractivity contribution in [3.8, 4) is 5.75 Å². The van der Waals surface area contributed by atoms with Crippen LogP contribution in [0.2, 0.25) is 0 Å². The fourth-order valence-corrected chi connectivity index (χ4v) is 1.73. The average molecular weight is 256 g/mol. The van der Waals surface area contributed by atoms with Crippen LogP contribution in [0.5, 0.6) is 5.75 Å². The molecule has 1 aromatic carbocycles. The van der Waals surface area contributed by atoms with E-state index in [1.807, 2.05) is 31.2 Å². The number of hydrogen-bond donors (Lipinski definition) is 0. The molecule has 4 heteroatoms. The lowest BCUT2D eigenvalue weighted by molar-refractivity contribution is 0.104. The third-order valence-electron chi connectivity index (χ3n) is 2.79. The van der Waals surface area contributed by atoms with Crippen LogP contribution in [0.4, 0.5) is 0 Å². The molecular formula is C15H16N2O2. The van der Waals surface area contributed by atoms with Gasteiger partial charge in [-0.05, 0) is 25.1 Å². The number of rotatable bonds is 5. The highest BCUT2D eigenvalue weighted by Gasteiger charge is 2.05. The van der Waals surface area contributed by atoms with E-state index in [1.165, 1.54) is 6.08 Å². The number of methoxy groups -OCH3 is 1. The van der Waals surface area contributed by atoms with Gasteiger partial charge >= 0.3 is 0 Å². The van der Waals surface area contributed by atoms with Crippen molar-refractivity contribution < 1.29 is 9.53 Å². The summed E-state index contributed by atoms with van der Waals surface area (Å²) in [5, 5.41) is 4.08. The fourth-order valence-electron chi connectivity index (χ4n) is 1.73. The van der Waals surface area contributed by atoms with Gasteiger partial charge in [0.15, 0.2) is 5.78 Å². The van der Waals surface area contributed by atoms with E-state index >= 15 is 0 Å². The van der Waals surface area contributed by atoms with Gasteiger partial charge in [0.05, 0.1) is 18.9 Å². The second kappa shape index (κ2) is 6.00. The lowest BCUT2D eigenvalue weighted by atomic mass is 10.1. The van der Waals surface area contributed by atoms with E-state index in [-0.39, 0.29) is 5.78 Å². The SMILES string of the molecule is CCn1cc(C(=O)/C=C/c2ccccc2OC)cn1. The molecule has 0 N–H and O–H groups in total. The Labute approximate surface area is 112 Å². The Morgan fingerprint density at radius 2 is 2.21 bits per heavy atom. The van der Waals surface area contributed by atoms with Gasteiger partial charge in [0.1, 0.15) is 5.75 Å². The highest BCUT2D eigenvalue weighted by molar-refractivity contribution is 6.06. The monoisotopic (exact) mass is 256 g/mol. The number of ether oxygens (including phenoxy) is 1. The predicted octanol–water partition coefficient (Wildman–Crippen LogP) is 2.81. The molecule has 2 rings (SSSR count). The minimum Gasteiger partial charge on any atom is -0.496 e. The number of ketones is 1. The number of aromatic nitrogens is 2. The first-order valence-corrected chi connectivity index (χ1v) is 6.12. The van der Waals surface area contributed by atoms with Gasteiger partial charge in [-0.15, -0.1) is 0 Å². The topological polar surface area (TPSA) is 44.1 Å². The fraction of sp³-hybridized carbons (Fsp3) is 0.200. The van der Waals surface area contributed by atoms with Crippen LogP contribution in [-0.2, 0) is 6.54 Å². The molecule has 1 aromatic heterocycles. The van der Waals surface area contributed by atoms with E-state index in [1.54, 1.807) is 30.3 Å². The number of benzene rings is 1. The molecule has 0 amide bonds. The lowest BCUT2D eigenvalue weighted by Gasteiger charge is -2.02. The van der Waals surface area contributed by atoms with Gasteiger partial charge in [-0.1, -0.05) is 18.2 Å². The molecule has 0 saturated heterocycles. The van der Waals surface area contributed by atoms with Crippen molar-refractivity contribution in [3.63, 3.8) is 0 Å². The maximum Gasteiger partial charge on any atom is 0.189 e. The quantitative estimate of drug-likeness (QED) is 0.610. The molecule has 0 saturated carbocycles. The molecule has 98 valence electrons. The van der Waals surface area contributed by atoms with Crippen molar-refractivity contribution in [2.75, 3.05) is 7.11 Å². The predicted molar refractivity (Wildman–Crippen MR) is 74.3 cm³/mol. The molecule has 0 aliphatic carbocycles.